The normalized spacial score (nSPS) is 23.5. The summed E-state index contributed by atoms with van der Waals surface area (Å²) in [4.78, 5) is 8.87. The van der Waals surface area contributed by atoms with Gasteiger partial charge in [-0.3, -0.25) is 4.40 Å². The smallest absolute Gasteiger partial charge is 0.363 e. The lowest BCUT2D eigenvalue weighted by Gasteiger charge is -2.28. The molecule has 4 heterocycles. The summed E-state index contributed by atoms with van der Waals surface area (Å²) in [7, 11) is 0. The highest BCUT2D eigenvalue weighted by molar-refractivity contribution is 5.62. The van der Waals surface area contributed by atoms with Crippen LogP contribution in [0.15, 0.2) is 42.7 Å². The van der Waals surface area contributed by atoms with Gasteiger partial charge in [-0.25, -0.2) is 14.4 Å². The average molecular weight is 419 g/mol. The Kier molecular flexibility index (Phi) is 4.46. The molecule has 0 spiro atoms. The number of aromatic nitrogens is 3. The minimum atomic E-state index is -4.28. The van der Waals surface area contributed by atoms with Crippen LogP contribution in [0.1, 0.15) is 24.8 Å². The van der Waals surface area contributed by atoms with Crippen molar-refractivity contribution in [2.24, 2.45) is 0 Å². The maximum absolute atomic E-state index is 14.1. The Labute approximate surface area is 170 Å². The van der Waals surface area contributed by atoms with Crippen LogP contribution in [-0.2, 0) is 5.41 Å². The summed E-state index contributed by atoms with van der Waals surface area (Å²) in [5.74, 6) is 0.518. The number of alkyl halides is 4. The molecule has 0 amide bonds. The zero-order chi connectivity index (χ0) is 20.9. The zero-order valence-corrected chi connectivity index (χ0v) is 16.1. The van der Waals surface area contributed by atoms with Crippen molar-refractivity contribution in [3.63, 3.8) is 0 Å². The Morgan fingerprint density at radius 2 is 2.00 bits per heavy atom. The lowest BCUT2D eigenvalue weighted by molar-refractivity contribution is -0.160. The van der Waals surface area contributed by atoms with Crippen LogP contribution in [0.3, 0.4) is 0 Å². The van der Waals surface area contributed by atoms with Gasteiger partial charge in [0.05, 0.1) is 29.0 Å². The maximum atomic E-state index is 14.1. The van der Waals surface area contributed by atoms with E-state index in [2.05, 4.69) is 20.6 Å². The van der Waals surface area contributed by atoms with Crippen LogP contribution >= 0.6 is 0 Å². The molecule has 3 aromatic heterocycles. The number of nitrogens with one attached hydrogen (secondary N) is 2. The molecule has 5 rings (SSSR count). The highest BCUT2D eigenvalue weighted by atomic mass is 19.4. The van der Waals surface area contributed by atoms with E-state index in [4.69, 9.17) is 0 Å². The molecule has 0 radical (unpaired) electrons. The van der Waals surface area contributed by atoms with Crippen molar-refractivity contribution in [3.8, 4) is 11.4 Å². The van der Waals surface area contributed by atoms with E-state index < -0.39 is 17.8 Å². The van der Waals surface area contributed by atoms with Crippen molar-refractivity contribution < 1.29 is 17.6 Å². The highest BCUT2D eigenvalue weighted by Crippen LogP contribution is 2.58. The Morgan fingerprint density at radius 3 is 2.73 bits per heavy atom. The second kappa shape index (κ2) is 6.94. The van der Waals surface area contributed by atoms with Crippen molar-refractivity contribution in [1.29, 1.82) is 0 Å². The molecule has 1 aliphatic carbocycles. The molecule has 2 fully saturated rings. The number of rotatable bonds is 4. The molecule has 158 valence electrons. The van der Waals surface area contributed by atoms with Gasteiger partial charge in [-0.15, -0.1) is 0 Å². The number of pyridine rings is 2. The fourth-order valence-corrected chi connectivity index (χ4v) is 4.13. The van der Waals surface area contributed by atoms with Gasteiger partial charge in [0.1, 0.15) is 17.6 Å². The molecule has 2 unspecified atom stereocenters. The van der Waals surface area contributed by atoms with E-state index in [0.717, 1.165) is 0 Å². The maximum Gasteiger partial charge on any atom is 0.398 e. The number of halogens is 4. The third kappa shape index (κ3) is 3.21. The monoisotopic (exact) mass is 419 g/mol. The van der Waals surface area contributed by atoms with E-state index in [1.807, 2.05) is 0 Å². The molecule has 1 saturated heterocycles. The molecule has 2 atom stereocenters. The molecule has 5 nitrogen and oxygen atoms in total. The van der Waals surface area contributed by atoms with Gasteiger partial charge < -0.3 is 10.6 Å². The number of imidazole rings is 1. The first-order valence-corrected chi connectivity index (χ1v) is 10.0. The van der Waals surface area contributed by atoms with Crippen molar-refractivity contribution in [3.05, 3.63) is 48.3 Å². The number of hydrogen-bond donors (Lipinski definition) is 2. The van der Waals surface area contributed by atoms with Crippen LogP contribution in [0, 0.1) is 0 Å². The minimum Gasteiger partial charge on any atom is -0.363 e. The number of hydrogen-bond acceptors (Lipinski definition) is 4. The van der Waals surface area contributed by atoms with Gasteiger partial charge in [-0.1, -0.05) is 12.1 Å². The summed E-state index contributed by atoms with van der Waals surface area (Å²) < 4.78 is 56.5. The van der Waals surface area contributed by atoms with E-state index >= 15 is 0 Å². The van der Waals surface area contributed by atoms with E-state index in [0.29, 0.717) is 42.4 Å². The Morgan fingerprint density at radius 1 is 1.17 bits per heavy atom. The van der Waals surface area contributed by atoms with Crippen LogP contribution in [0.2, 0.25) is 0 Å². The zero-order valence-electron chi connectivity index (χ0n) is 16.1. The van der Waals surface area contributed by atoms with Gasteiger partial charge in [0, 0.05) is 12.7 Å². The standard InChI is InChI=1S/C21H21F4N5/c22-14-6-9-26-10-16(14)29-18-3-1-2-15(28-18)17-11-27-19-5-4-13(12-30(17)19)20(7-8-20)21(23,24)25/h1-5,11-12,14,16,26H,6-10H2,(H,28,29). The Bertz CT molecular complexity index is 1070. The van der Waals surface area contributed by atoms with Gasteiger partial charge >= 0.3 is 6.18 Å². The summed E-state index contributed by atoms with van der Waals surface area (Å²) in [5, 5.41) is 6.27. The first-order valence-electron chi connectivity index (χ1n) is 10.0. The molecule has 2 aliphatic rings. The average Bonchev–Trinajstić information content (AvgIpc) is 3.44. The van der Waals surface area contributed by atoms with Gasteiger partial charge in [0.15, 0.2) is 0 Å². The van der Waals surface area contributed by atoms with E-state index in [1.165, 1.54) is 12.3 Å². The van der Waals surface area contributed by atoms with Crippen molar-refractivity contribution in [2.75, 3.05) is 18.4 Å². The molecule has 2 N–H and O–H groups in total. The summed E-state index contributed by atoms with van der Waals surface area (Å²) in [6.07, 6.45) is -1.49. The summed E-state index contributed by atoms with van der Waals surface area (Å²) in [6, 6.07) is 8.04. The molecule has 9 heteroatoms. The summed E-state index contributed by atoms with van der Waals surface area (Å²) in [6.45, 7) is 1.15. The molecule has 30 heavy (non-hydrogen) atoms. The fourth-order valence-electron chi connectivity index (χ4n) is 4.13. The Hall–Kier alpha value is -2.68. The van der Waals surface area contributed by atoms with Crippen molar-refractivity contribution >= 4 is 11.5 Å². The first-order chi connectivity index (χ1) is 14.4. The number of piperidine rings is 1. The van der Waals surface area contributed by atoms with Crippen LogP contribution in [0.4, 0.5) is 23.4 Å². The molecule has 0 bridgehead atoms. The molecule has 1 saturated carbocycles. The van der Waals surface area contributed by atoms with Gasteiger partial charge in [0.25, 0.3) is 0 Å². The molecular weight excluding hydrogens is 398 g/mol. The highest BCUT2D eigenvalue weighted by Gasteiger charge is 2.64. The van der Waals surface area contributed by atoms with Crippen LogP contribution in [0.5, 0.6) is 0 Å². The second-order valence-electron chi connectivity index (χ2n) is 8.04. The van der Waals surface area contributed by atoms with E-state index in [9.17, 15) is 17.6 Å². The summed E-state index contributed by atoms with van der Waals surface area (Å²) >= 11 is 0. The minimum absolute atomic E-state index is 0.101. The van der Waals surface area contributed by atoms with Crippen LogP contribution < -0.4 is 10.6 Å². The summed E-state index contributed by atoms with van der Waals surface area (Å²) in [5.41, 5.74) is 0.174. The Balaban J connectivity index is 1.49. The second-order valence-corrected chi connectivity index (χ2v) is 8.04. The topological polar surface area (TPSA) is 54.2 Å². The molecule has 0 aromatic carbocycles. The number of fused-ring (bicyclic) bond motifs is 1. The molecule has 3 aromatic rings. The van der Waals surface area contributed by atoms with E-state index in [-0.39, 0.29) is 24.4 Å². The predicted molar refractivity (Wildman–Crippen MR) is 105 cm³/mol. The third-order valence-corrected chi connectivity index (χ3v) is 6.09. The predicted octanol–water partition coefficient (Wildman–Crippen LogP) is 4.10. The lowest BCUT2D eigenvalue weighted by atomic mass is 9.97. The van der Waals surface area contributed by atoms with Crippen molar-refractivity contribution in [1.82, 2.24) is 19.7 Å². The number of nitrogens with zero attached hydrogens (tertiary/aromatic N) is 3. The van der Waals surface area contributed by atoms with Gasteiger partial charge in [-0.2, -0.15) is 13.2 Å². The van der Waals surface area contributed by atoms with Crippen LogP contribution in [-0.4, -0.2) is 45.8 Å². The quantitative estimate of drug-likeness (QED) is 0.626. The molecular formula is C21H21F4N5. The van der Waals surface area contributed by atoms with Gasteiger partial charge in [-0.05, 0) is 49.6 Å². The first kappa shape index (κ1) is 19.3. The third-order valence-electron chi connectivity index (χ3n) is 6.09. The number of anilines is 1. The SMILES string of the molecule is FC1CCNCC1Nc1cccc(-c2cnc3ccc(C4(C(F)(F)F)CC4)cn23)n1. The van der Waals surface area contributed by atoms with E-state index in [1.54, 1.807) is 34.9 Å². The van der Waals surface area contributed by atoms with Crippen molar-refractivity contribution in [2.45, 2.75) is 43.1 Å². The lowest BCUT2D eigenvalue weighted by Crippen LogP contribution is -2.46. The van der Waals surface area contributed by atoms with Crippen LogP contribution in [0.25, 0.3) is 17.0 Å². The molecule has 1 aliphatic heterocycles. The fraction of sp³-hybridized carbons (Fsp3) is 0.429. The largest absolute Gasteiger partial charge is 0.398 e. The van der Waals surface area contributed by atoms with Gasteiger partial charge in [0.2, 0.25) is 0 Å².